The number of rotatable bonds is 12. The van der Waals surface area contributed by atoms with Gasteiger partial charge in [0.25, 0.3) is 0 Å². The number of carboxylic acid groups (broad SMARTS) is 1. The van der Waals surface area contributed by atoms with Crippen molar-refractivity contribution in [1.82, 2.24) is 15.5 Å². The summed E-state index contributed by atoms with van der Waals surface area (Å²) in [7, 11) is 0. The fourth-order valence-corrected chi connectivity index (χ4v) is 3.32. The summed E-state index contributed by atoms with van der Waals surface area (Å²) < 4.78 is 0. The highest BCUT2D eigenvalue weighted by Gasteiger charge is 2.38. The predicted molar refractivity (Wildman–Crippen MR) is 110 cm³/mol. The topological polar surface area (TPSA) is 228 Å². The summed E-state index contributed by atoms with van der Waals surface area (Å²) in [6.07, 6.45) is 0.148. The van der Waals surface area contributed by atoms with Gasteiger partial charge in [0.2, 0.25) is 29.5 Å². The molecule has 0 aromatic carbocycles. The molecular formula is C17H28N6O7S. The van der Waals surface area contributed by atoms with Crippen LogP contribution in [0.1, 0.15) is 32.1 Å². The van der Waals surface area contributed by atoms with Crippen molar-refractivity contribution in [2.24, 2.45) is 17.2 Å². The number of amides is 5. The Labute approximate surface area is 183 Å². The molecule has 31 heavy (non-hydrogen) atoms. The lowest BCUT2D eigenvalue weighted by molar-refractivity contribution is -0.143. The van der Waals surface area contributed by atoms with Crippen LogP contribution in [0.3, 0.4) is 0 Å². The van der Waals surface area contributed by atoms with E-state index in [1.807, 2.05) is 0 Å². The maximum Gasteiger partial charge on any atom is 0.327 e. The van der Waals surface area contributed by atoms with Gasteiger partial charge < -0.3 is 37.8 Å². The fourth-order valence-electron chi connectivity index (χ4n) is 3.07. The van der Waals surface area contributed by atoms with E-state index in [4.69, 9.17) is 22.3 Å². The molecule has 1 aliphatic rings. The average Bonchev–Trinajstić information content (AvgIpc) is 3.18. The Kier molecular flexibility index (Phi) is 10.2. The Morgan fingerprint density at radius 3 is 2.23 bits per heavy atom. The summed E-state index contributed by atoms with van der Waals surface area (Å²) in [5, 5.41) is 13.6. The van der Waals surface area contributed by atoms with Gasteiger partial charge in [-0.2, -0.15) is 12.6 Å². The summed E-state index contributed by atoms with van der Waals surface area (Å²) in [5.41, 5.74) is 16.0. The first-order valence-electron chi connectivity index (χ1n) is 9.55. The van der Waals surface area contributed by atoms with Crippen LogP contribution < -0.4 is 27.8 Å². The number of nitrogens with one attached hydrogen (secondary N) is 2. The van der Waals surface area contributed by atoms with E-state index in [0.29, 0.717) is 12.8 Å². The second-order valence-corrected chi connectivity index (χ2v) is 7.48. The number of hydrogen-bond acceptors (Lipinski definition) is 8. The number of carboxylic acids is 1. The van der Waals surface area contributed by atoms with E-state index >= 15 is 0 Å². The van der Waals surface area contributed by atoms with Crippen LogP contribution in [0, 0.1) is 0 Å². The largest absolute Gasteiger partial charge is 0.480 e. The minimum Gasteiger partial charge on any atom is -0.480 e. The molecule has 9 N–H and O–H groups in total. The fraction of sp³-hybridized carbons (Fsp3) is 0.647. The Morgan fingerprint density at radius 2 is 1.71 bits per heavy atom. The van der Waals surface area contributed by atoms with Crippen LogP contribution in [0.5, 0.6) is 0 Å². The third-order valence-corrected chi connectivity index (χ3v) is 5.06. The number of thiol groups is 1. The molecule has 4 unspecified atom stereocenters. The Morgan fingerprint density at radius 1 is 1.06 bits per heavy atom. The number of primary amides is 2. The standard InChI is InChI=1S/C17H28N6O7S/c18-8(3-4-12(19)24)16(28)23-5-1-2-11(23)15(27)21-9(6-13(20)25)14(26)22-10(7-31)17(29)30/h8-11,31H,1-7,18H2,(H2,19,24)(H2,20,25)(H,21,27)(H,22,26)(H,29,30). The Hall–Kier alpha value is -2.87. The van der Waals surface area contributed by atoms with Crippen LogP contribution in [-0.4, -0.2) is 82.0 Å². The molecule has 1 fully saturated rings. The van der Waals surface area contributed by atoms with Crippen LogP contribution >= 0.6 is 12.6 Å². The Bertz CT molecular complexity index is 734. The number of nitrogens with two attached hydrogens (primary N) is 3. The van der Waals surface area contributed by atoms with Crippen molar-refractivity contribution < 1.29 is 33.9 Å². The van der Waals surface area contributed by atoms with Gasteiger partial charge in [0, 0.05) is 18.7 Å². The lowest BCUT2D eigenvalue weighted by Gasteiger charge is -2.28. The van der Waals surface area contributed by atoms with Crippen molar-refractivity contribution in [2.75, 3.05) is 12.3 Å². The molecule has 174 valence electrons. The zero-order chi connectivity index (χ0) is 23.7. The molecule has 1 rings (SSSR count). The smallest absolute Gasteiger partial charge is 0.327 e. The monoisotopic (exact) mass is 460 g/mol. The van der Waals surface area contributed by atoms with Crippen molar-refractivity contribution in [3.05, 3.63) is 0 Å². The van der Waals surface area contributed by atoms with Gasteiger partial charge in [-0.1, -0.05) is 0 Å². The van der Waals surface area contributed by atoms with Gasteiger partial charge >= 0.3 is 5.97 Å². The first-order chi connectivity index (χ1) is 14.5. The molecule has 0 spiro atoms. The molecule has 0 radical (unpaired) electrons. The number of hydrogen-bond donors (Lipinski definition) is 7. The third-order valence-electron chi connectivity index (χ3n) is 4.69. The van der Waals surface area contributed by atoms with Gasteiger partial charge in [-0.3, -0.25) is 24.0 Å². The molecule has 0 bridgehead atoms. The number of carbonyl (C=O) groups excluding carboxylic acids is 5. The van der Waals surface area contributed by atoms with E-state index in [9.17, 15) is 28.8 Å². The van der Waals surface area contributed by atoms with Gasteiger partial charge in [0.15, 0.2) is 0 Å². The minimum absolute atomic E-state index is 0.0199. The maximum absolute atomic E-state index is 12.8. The van der Waals surface area contributed by atoms with E-state index in [0.717, 1.165) is 0 Å². The summed E-state index contributed by atoms with van der Waals surface area (Å²) in [6, 6.07) is -4.75. The summed E-state index contributed by atoms with van der Waals surface area (Å²) in [5.74, 6) is -5.26. The minimum atomic E-state index is -1.44. The summed E-state index contributed by atoms with van der Waals surface area (Å²) in [4.78, 5) is 72.3. The van der Waals surface area contributed by atoms with E-state index < -0.39 is 66.1 Å². The van der Waals surface area contributed by atoms with E-state index in [1.165, 1.54) is 4.90 Å². The van der Waals surface area contributed by atoms with E-state index in [2.05, 4.69) is 23.3 Å². The van der Waals surface area contributed by atoms with Gasteiger partial charge in [-0.05, 0) is 19.3 Å². The number of nitrogens with zero attached hydrogens (tertiary/aromatic N) is 1. The average molecular weight is 461 g/mol. The van der Waals surface area contributed by atoms with Crippen molar-refractivity contribution in [3.63, 3.8) is 0 Å². The molecule has 1 aliphatic heterocycles. The van der Waals surface area contributed by atoms with Crippen LogP contribution in [-0.2, 0) is 28.8 Å². The van der Waals surface area contributed by atoms with Gasteiger partial charge in [-0.15, -0.1) is 0 Å². The second kappa shape index (κ2) is 12.1. The van der Waals surface area contributed by atoms with Crippen LogP contribution in [0.4, 0.5) is 0 Å². The molecule has 1 heterocycles. The van der Waals surface area contributed by atoms with Crippen LogP contribution in [0.2, 0.25) is 0 Å². The molecule has 0 aromatic heterocycles. The summed E-state index contributed by atoms with van der Waals surface area (Å²) >= 11 is 3.83. The number of likely N-dealkylation sites (tertiary alicyclic amines) is 1. The number of aliphatic carboxylic acids is 1. The molecule has 4 atom stereocenters. The van der Waals surface area contributed by atoms with E-state index in [-0.39, 0.29) is 25.1 Å². The highest BCUT2D eigenvalue weighted by molar-refractivity contribution is 7.80. The predicted octanol–water partition coefficient (Wildman–Crippen LogP) is -3.57. The lowest BCUT2D eigenvalue weighted by atomic mass is 10.1. The first-order valence-corrected chi connectivity index (χ1v) is 10.2. The lowest BCUT2D eigenvalue weighted by Crippen LogP contribution is -2.57. The molecular weight excluding hydrogens is 432 g/mol. The zero-order valence-electron chi connectivity index (χ0n) is 16.8. The summed E-state index contributed by atoms with van der Waals surface area (Å²) in [6.45, 7) is 0.245. The third kappa shape index (κ3) is 8.05. The molecule has 0 saturated carbocycles. The quantitative estimate of drug-likeness (QED) is 0.144. The van der Waals surface area contributed by atoms with Crippen molar-refractivity contribution >= 4 is 48.1 Å². The second-order valence-electron chi connectivity index (χ2n) is 7.11. The van der Waals surface area contributed by atoms with Crippen molar-refractivity contribution in [2.45, 2.75) is 56.3 Å². The molecule has 13 nitrogen and oxygen atoms in total. The molecule has 14 heteroatoms. The number of carbonyl (C=O) groups is 6. The Balaban J connectivity index is 2.87. The molecule has 0 aliphatic carbocycles. The molecule has 0 aromatic rings. The molecule has 5 amide bonds. The maximum atomic E-state index is 12.8. The van der Waals surface area contributed by atoms with Crippen LogP contribution in [0.25, 0.3) is 0 Å². The van der Waals surface area contributed by atoms with Gasteiger partial charge in [0.05, 0.1) is 12.5 Å². The van der Waals surface area contributed by atoms with Gasteiger partial charge in [0.1, 0.15) is 18.1 Å². The zero-order valence-corrected chi connectivity index (χ0v) is 17.7. The first kappa shape index (κ1) is 26.2. The molecule has 1 saturated heterocycles. The van der Waals surface area contributed by atoms with Crippen molar-refractivity contribution in [3.8, 4) is 0 Å². The SMILES string of the molecule is NC(=O)CCC(N)C(=O)N1CCCC1C(=O)NC(CC(N)=O)C(=O)NC(CS)C(=O)O. The normalized spacial score (nSPS) is 18.5. The van der Waals surface area contributed by atoms with Crippen molar-refractivity contribution in [1.29, 1.82) is 0 Å². The highest BCUT2D eigenvalue weighted by Crippen LogP contribution is 2.19. The van der Waals surface area contributed by atoms with Gasteiger partial charge in [-0.25, -0.2) is 4.79 Å². The van der Waals surface area contributed by atoms with Crippen LogP contribution in [0.15, 0.2) is 0 Å². The van der Waals surface area contributed by atoms with E-state index in [1.54, 1.807) is 0 Å². The highest BCUT2D eigenvalue weighted by atomic mass is 32.1.